The second-order valence-electron chi connectivity index (χ2n) is 9.44. The van der Waals surface area contributed by atoms with Gasteiger partial charge in [0, 0.05) is 31.9 Å². The van der Waals surface area contributed by atoms with Gasteiger partial charge in [-0.15, -0.1) is 0 Å². The van der Waals surface area contributed by atoms with Gasteiger partial charge < -0.3 is 10.1 Å². The molecule has 30 heavy (non-hydrogen) atoms. The van der Waals surface area contributed by atoms with Crippen molar-refractivity contribution in [3.05, 3.63) is 77.0 Å². The fourth-order valence-corrected chi connectivity index (χ4v) is 4.37. The fraction of sp³-hybridized carbons (Fsp3) is 0.481. The van der Waals surface area contributed by atoms with Gasteiger partial charge in [-0.25, -0.2) is 0 Å². The number of benzene rings is 2. The van der Waals surface area contributed by atoms with E-state index in [2.05, 4.69) is 59.3 Å². The third kappa shape index (κ3) is 5.26. The first-order valence-electron chi connectivity index (χ1n) is 11.7. The Kier molecular flexibility index (Phi) is 5.81. The van der Waals surface area contributed by atoms with Crippen LogP contribution in [0.25, 0.3) is 0 Å². The molecule has 0 aromatic heterocycles. The third-order valence-electron chi connectivity index (χ3n) is 6.78. The molecule has 0 saturated heterocycles. The molecule has 3 nitrogen and oxygen atoms in total. The minimum absolute atomic E-state index is 0.719. The van der Waals surface area contributed by atoms with E-state index in [9.17, 15) is 0 Å². The maximum atomic E-state index is 5.98. The molecule has 2 saturated carbocycles. The van der Waals surface area contributed by atoms with E-state index in [1.165, 1.54) is 60.1 Å². The zero-order chi connectivity index (χ0) is 20.3. The highest BCUT2D eigenvalue weighted by atomic mass is 16.5. The van der Waals surface area contributed by atoms with Crippen LogP contribution in [0, 0.1) is 11.8 Å². The molecular formula is C27H34N2O. The molecular weight excluding hydrogens is 368 g/mol. The second-order valence-corrected chi connectivity index (χ2v) is 9.44. The molecule has 2 aliphatic carbocycles. The van der Waals surface area contributed by atoms with E-state index in [1.807, 2.05) is 0 Å². The topological polar surface area (TPSA) is 24.5 Å². The number of rotatable bonds is 10. The van der Waals surface area contributed by atoms with Gasteiger partial charge >= 0.3 is 0 Å². The number of hydrogen-bond donors (Lipinski definition) is 1. The average molecular weight is 403 g/mol. The molecule has 1 aliphatic heterocycles. The molecule has 0 bridgehead atoms. The van der Waals surface area contributed by atoms with Crippen molar-refractivity contribution in [1.29, 1.82) is 0 Å². The Morgan fingerprint density at radius 2 is 1.80 bits per heavy atom. The zero-order valence-electron chi connectivity index (χ0n) is 18.0. The Balaban J connectivity index is 1.11. The monoisotopic (exact) mass is 402 g/mol. The molecule has 158 valence electrons. The highest BCUT2D eigenvalue weighted by Gasteiger charge is 2.24. The lowest BCUT2D eigenvalue weighted by atomic mass is 9.99. The molecule has 0 spiro atoms. The van der Waals surface area contributed by atoms with Crippen molar-refractivity contribution >= 4 is 0 Å². The standard InChI is InChI=1S/C27H34N2O/c1-20(24-8-9-24)28-17-22-4-6-23(7-5-22)18-29-14-12-25-16-27(11-10-26(25)19-29)30-15-13-21-2-3-21/h4-7,10-11,16,21,24,28H,1-3,8-9,12-15,17-19H2. The smallest absolute Gasteiger partial charge is 0.119 e. The summed E-state index contributed by atoms with van der Waals surface area (Å²) in [6.45, 7) is 9.07. The van der Waals surface area contributed by atoms with Crippen LogP contribution in [0.2, 0.25) is 0 Å². The maximum absolute atomic E-state index is 5.98. The van der Waals surface area contributed by atoms with Gasteiger partial charge in [0.25, 0.3) is 0 Å². The summed E-state index contributed by atoms with van der Waals surface area (Å²) in [6.07, 6.45) is 7.74. The minimum Gasteiger partial charge on any atom is -0.494 e. The van der Waals surface area contributed by atoms with Gasteiger partial charge in [0.1, 0.15) is 5.75 Å². The molecule has 0 atom stereocenters. The summed E-state index contributed by atoms with van der Waals surface area (Å²) in [4.78, 5) is 2.55. The summed E-state index contributed by atoms with van der Waals surface area (Å²) in [5.74, 6) is 2.71. The van der Waals surface area contributed by atoms with E-state index in [-0.39, 0.29) is 0 Å². The van der Waals surface area contributed by atoms with Crippen LogP contribution in [0.1, 0.15) is 54.4 Å². The van der Waals surface area contributed by atoms with Crippen LogP contribution < -0.4 is 10.1 Å². The van der Waals surface area contributed by atoms with Crippen molar-refractivity contribution in [3.63, 3.8) is 0 Å². The molecule has 2 aromatic rings. The summed E-state index contributed by atoms with van der Waals surface area (Å²) in [6, 6.07) is 15.8. The molecule has 1 heterocycles. The van der Waals surface area contributed by atoms with Gasteiger partial charge in [-0.3, -0.25) is 4.90 Å². The van der Waals surface area contributed by atoms with Crippen LogP contribution in [0.3, 0.4) is 0 Å². The van der Waals surface area contributed by atoms with E-state index in [4.69, 9.17) is 4.74 Å². The molecule has 5 rings (SSSR count). The van der Waals surface area contributed by atoms with Crippen molar-refractivity contribution < 1.29 is 4.74 Å². The van der Waals surface area contributed by atoms with Crippen molar-refractivity contribution in [2.45, 2.75) is 58.2 Å². The van der Waals surface area contributed by atoms with Crippen LogP contribution in [-0.2, 0) is 26.1 Å². The van der Waals surface area contributed by atoms with Gasteiger partial charge in [0.05, 0.1) is 6.61 Å². The Morgan fingerprint density at radius 1 is 1.00 bits per heavy atom. The highest BCUT2D eigenvalue weighted by molar-refractivity contribution is 5.37. The summed E-state index contributed by atoms with van der Waals surface area (Å²) in [7, 11) is 0. The Hall–Kier alpha value is -2.26. The number of ether oxygens (including phenoxy) is 1. The van der Waals surface area contributed by atoms with E-state index in [0.717, 1.165) is 56.8 Å². The lowest BCUT2D eigenvalue weighted by Crippen LogP contribution is -2.30. The van der Waals surface area contributed by atoms with Crippen LogP contribution in [-0.4, -0.2) is 18.1 Å². The van der Waals surface area contributed by atoms with Crippen molar-refractivity contribution in [1.82, 2.24) is 10.2 Å². The largest absolute Gasteiger partial charge is 0.494 e. The zero-order valence-corrected chi connectivity index (χ0v) is 18.0. The molecule has 3 aliphatic rings. The summed E-state index contributed by atoms with van der Waals surface area (Å²) in [5, 5.41) is 3.48. The normalized spacial score (nSPS) is 18.7. The lowest BCUT2D eigenvalue weighted by Gasteiger charge is -2.29. The number of nitrogens with zero attached hydrogens (tertiary/aromatic N) is 1. The fourth-order valence-electron chi connectivity index (χ4n) is 4.37. The molecule has 2 aromatic carbocycles. The molecule has 1 N–H and O–H groups in total. The van der Waals surface area contributed by atoms with E-state index < -0.39 is 0 Å². The van der Waals surface area contributed by atoms with E-state index in [1.54, 1.807) is 0 Å². The second kappa shape index (κ2) is 8.85. The molecule has 0 radical (unpaired) electrons. The Morgan fingerprint density at radius 3 is 2.57 bits per heavy atom. The van der Waals surface area contributed by atoms with Gasteiger partial charge in [-0.05, 0) is 71.9 Å². The van der Waals surface area contributed by atoms with Crippen molar-refractivity contribution in [3.8, 4) is 5.75 Å². The number of fused-ring (bicyclic) bond motifs is 1. The van der Waals surface area contributed by atoms with E-state index >= 15 is 0 Å². The lowest BCUT2D eigenvalue weighted by molar-refractivity contribution is 0.244. The van der Waals surface area contributed by atoms with Crippen LogP contribution in [0.15, 0.2) is 54.7 Å². The molecule has 2 fully saturated rings. The first-order valence-corrected chi connectivity index (χ1v) is 11.7. The molecule has 3 heteroatoms. The number of hydrogen-bond acceptors (Lipinski definition) is 3. The quantitative estimate of drug-likeness (QED) is 0.573. The first kappa shape index (κ1) is 19.7. The summed E-state index contributed by atoms with van der Waals surface area (Å²) in [5.41, 5.74) is 6.85. The predicted octanol–water partition coefficient (Wildman–Crippen LogP) is 5.44. The van der Waals surface area contributed by atoms with Gasteiger partial charge in [-0.1, -0.05) is 49.8 Å². The average Bonchev–Trinajstić information content (AvgIpc) is 3.67. The number of allylic oxidation sites excluding steroid dienone is 1. The van der Waals surface area contributed by atoms with Gasteiger partial charge in [0.2, 0.25) is 0 Å². The Labute approximate surface area is 181 Å². The van der Waals surface area contributed by atoms with Crippen LogP contribution in [0.4, 0.5) is 0 Å². The maximum Gasteiger partial charge on any atom is 0.119 e. The number of nitrogens with one attached hydrogen (secondary N) is 1. The SMILES string of the molecule is C=C(NCc1ccc(CN2CCc3cc(OCCC4CC4)ccc3C2)cc1)C1CC1. The molecule has 0 unspecified atom stereocenters. The van der Waals surface area contributed by atoms with Crippen LogP contribution >= 0.6 is 0 Å². The van der Waals surface area contributed by atoms with Crippen molar-refractivity contribution in [2.24, 2.45) is 11.8 Å². The van der Waals surface area contributed by atoms with Crippen LogP contribution in [0.5, 0.6) is 5.75 Å². The molecule has 0 amide bonds. The summed E-state index contributed by atoms with van der Waals surface area (Å²) < 4.78 is 5.98. The van der Waals surface area contributed by atoms with E-state index in [0.29, 0.717) is 0 Å². The van der Waals surface area contributed by atoms with Crippen molar-refractivity contribution in [2.75, 3.05) is 13.2 Å². The third-order valence-corrected chi connectivity index (χ3v) is 6.78. The van der Waals surface area contributed by atoms with Gasteiger partial charge in [-0.2, -0.15) is 0 Å². The predicted molar refractivity (Wildman–Crippen MR) is 122 cm³/mol. The Bertz CT molecular complexity index is 880. The first-order chi connectivity index (χ1) is 14.7. The van der Waals surface area contributed by atoms with Gasteiger partial charge in [0.15, 0.2) is 0 Å². The minimum atomic E-state index is 0.719. The highest BCUT2D eigenvalue weighted by Crippen LogP contribution is 2.34. The summed E-state index contributed by atoms with van der Waals surface area (Å²) >= 11 is 0.